The Morgan fingerprint density at radius 3 is 2.47 bits per heavy atom. The van der Waals surface area contributed by atoms with Gasteiger partial charge in [0.1, 0.15) is 0 Å². The van der Waals surface area contributed by atoms with E-state index in [1.165, 1.54) is 5.56 Å². The highest BCUT2D eigenvalue weighted by Crippen LogP contribution is 2.27. The lowest BCUT2D eigenvalue weighted by molar-refractivity contribution is -0.192. The number of nitrogens with zero attached hydrogens (tertiary/aromatic N) is 2. The van der Waals surface area contributed by atoms with Crippen molar-refractivity contribution in [1.82, 2.24) is 9.88 Å². The Bertz CT molecular complexity index is 1160. The van der Waals surface area contributed by atoms with Gasteiger partial charge in [-0.1, -0.05) is 36.4 Å². The standard InChI is InChI=1S/C24H26N2O3.C2HF3O2/c1-28-14-15-29-23-11-13-26(22(23)16-18-6-3-2-4-7-18)24(27)20-9-10-21-19(17-20)8-5-12-25-21;3-2(4,5)1(6)7/h2-10,12,17,22-23H,11,13-16H2,1H3;(H,6,7)/t22-,23+;/m0./s1. The molecule has 1 amide bonds. The van der Waals surface area contributed by atoms with Crippen molar-refractivity contribution in [3.05, 3.63) is 78.0 Å². The van der Waals surface area contributed by atoms with Crippen LogP contribution in [0.5, 0.6) is 0 Å². The summed E-state index contributed by atoms with van der Waals surface area (Å²) in [6, 6.07) is 19.9. The second kappa shape index (κ2) is 12.5. The molecule has 0 spiro atoms. The molecule has 10 heteroatoms. The topological polar surface area (TPSA) is 89.0 Å². The summed E-state index contributed by atoms with van der Waals surface area (Å²) in [6.07, 6.45) is -1.69. The minimum atomic E-state index is -5.08. The van der Waals surface area contributed by atoms with Crippen molar-refractivity contribution in [2.24, 2.45) is 0 Å². The molecule has 1 aromatic heterocycles. The van der Waals surface area contributed by atoms with E-state index in [0.717, 1.165) is 23.7 Å². The van der Waals surface area contributed by atoms with Crippen molar-refractivity contribution in [2.75, 3.05) is 26.9 Å². The number of rotatable bonds is 7. The second-order valence-corrected chi connectivity index (χ2v) is 8.16. The van der Waals surface area contributed by atoms with E-state index < -0.39 is 12.1 Å². The Morgan fingerprint density at radius 2 is 1.81 bits per heavy atom. The van der Waals surface area contributed by atoms with E-state index in [9.17, 15) is 18.0 Å². The van der Waals surface area contributed by atoms with Gasteiger partial charge < -0.3 is 19.5 Å². The van der Waals surface area contributed by atoms with E-state index in [-0.39, 0.29) is 18.1 Å². The summed E-state index contributed by atoms with van der Waals surface area (Å²) >= 11 is 0. The number of alkyl halides is 3. The van der Waals surface area contributed by atoms with E-state index in [2.05, 4.69) is 17.1 Å². The summed E-state index contributed by atoms with van der Waals surface area (Å²) in [6.45, 7) is 1.79. The number of carboxylic acid groups (broad SMARTS) is 1. The Kier molecular flexibility index (Phi) is 9.38. The number of methoxy groups -OCH3 is 1. The molecule has 1 N–H and O–H groups in total. The van der Waals surface area contributed by atoms with Crippen LogP contribution in [0.1, 0.15) is 22.3 Å². The third-order valence-corrected chi connectivity index (χ3v) is 5.74. The summed E-state index contributed by atoms with van der Waals surface area (Å²) in [7, 11) is 1.67. The van der Waals surface area contributed by atoms with Crippen LogP contribution in [0.25, 0.3) is 10.9 Å². The molecule has 0 saturated carbocycles. The van der Waals surface area contributed by atoms with E-state index >= 15 is 0 Å². The molecule has 3 aromatic rings. The molecule has 7 nitrogen and oxygen atoms in total. The van der Waals surface area contributed by atoms with Gasteiger partial charge in [0.05, 0.1) is 30.9 Å². The van der Waals surface area contributed by atoms with Crippen molar-refractivity contribution < 1.29 is 37.3 Å². The number of carboxylic acids is 1. The summed E-state index contributed by atoms with van der Waals surface area (Å²) in [5.74, 6) is -2.71. The van der Waals surface area contributed by atoms with Crippen LogP contribution in [-0.4, -0.2) is 72.1 Å². The highest BCUT2D eigenvalue weighted by molar-refractivity contribution is 5.98. The van der Waals surface area contributed by atoms with E-state index in [4.69, 9.17) is 19.4 Å². The Labute approximate surface area is 206 Å². The Hall–Kier alpha value is -3.50. The lowest BCUT2D eigenvalue weighted by Gasteiger charge is -2.28. The zero-order chi connectivity index (χ0) is 26.1. The average Bonchev–Trinajstić information content (AvgIpc) is 3.26. The van der Waals surface area contributed by atoms with E-state index in [1.807, 2.05) is 53.4 Å². The predicted octanol–water partition coefficient (Wildman–Crippen LogP) is 4.36. The van der Waals surface area contributed by atoms with E-state index in [0.29, 0.717) is 25.3 Å². The quantitative estimate of drug-likeness (QED) is 0.481. The molecule has 0 aliphatic carbocycles. The van der Waals surface area contributed by atoms with Crippen molar-refractivity contribution in [1.29, 1.82) is 0 Å². The van der Waals surface area contributed by atoms with Gasteiger partial charge in [0.25, 0.3) is 5.91 Å². The number of fused-ring (bicyclic) bond motifs is 1. The average molecular weight is 505 g/mol. The summed E-state index contributed by atoms with van der Waals surface area (Å²) in [5.41, 5.74) is 2.80. The first kappa shape index (κ1) is 27.1. The second-order valence-electron chi connectivity index (χ2n) is 8.16. The fourth-order valence-corrected chi connectivity index (χ4v) is 4.03. The predicted molar refractivity (Wildman–Crippen MR) is 127 cm³/mol. The highest BCUT2D eigenvalue weighted by Gasteiger charge is 2.39. The first-order valence-electron chi connectivity index (χ1n) is 11.3. The van der Waals surface area contributed by atoms with Gasteiger partial charge in [0.15, 0.2) is 0 Å². The lowest BCUT2D eigenvalue weighted by Crippen LogP contribution is -2.42. The lowest BCUT2D eigenvalue weighted by atomic mass is 10.0. The van der Waals surface area contributed by atoms with Gasteiger partial charge in [-0.2, -0.15) is 13.2 Å². The minimum absolute atomic E-state index is 0.00588. The zero-order valence-electron chi connectivity index (χ0n) is 19.6. The van der Waals surface area contributed by atoms with Gasteiger partial charge >= 0.3 is 12.1 Å². The molecule has 0 radical (unpaired) electrons. The van der Waals surface area contributed by atoms with Crippen molar-refractivity contribution in [3.63, 3.8) is 0 Å². The molecule has 1 saturated heterocycles. The molecule has 2 atom stereocenters. The zero-order valence-corrected chi connectivity index (χ0v) is 19.6. The van der Waals surface area contributed by atoms with Gasteiger partial charge in [0.2, 0.25) is 0 Å². The van der Waals surface area contributed by atoms with Gasteiger partial charge in [0, 0.05) is 30.8 Å². The number of aromatic nitrogens is 1. The molecular formula is C26H27F3N2O5. The number of hydrogen-bond donors (Lipinski definition) is 1. The maximum atomic E-state index is 13.4. The maximum absolute atomic E-state index is 13.4. The first-order chi connectivity index (χ1) is 17.2. The monoisotopic (exact) mass is 504 g/mol. The molecule has 36 heavy (non-hydrogen) atoms. The summed E-state index contributed by atoms with van der Waals surface area (Å²) < 4.78 is 43.0. The fourth-order valence-electron chi connectivity index (χ4n) is 4.03. The third kappa shape index (κ3) is 7.25. The molecule has 2 heterocycles. The molecule has 4 rings (SSSR count). The molecule has 2 aromatic carbocycles. The smallest absolute Gasteiger partial charge is 0.475 e. The minimum Gasteiger partial charge on any atom is -0.475 e. The number of carbonyl (C=O) groups is 2. The number of hydrogen-bond acceptors (Lipinski definition) is 5. The highest BCUT2D eigenvalue weighted by atomic mass is 19.4. The fraction of sp³-hybridized carbons (Fsp3) is 0.346. The van der Waals surface area contributed by atoms with Crippen molar-refractivity contribution in [3.8, 4) is 0 Å². The van der Waals surface area contributed by atoms with Crippen LogP contribution < -0.4 is 0 Å². The van der Waals surface area contributed by atoms with Crippen LogP contribution in [0.4, 0.5) is 13.2 Å². The SMILES string of the molecule is COCCO[C@@H]1CCN(C(=O)c2ccc3ncccc3c2)[C@H]1Cc1ccccc1.O=C(O)C(F)(F)F. The Morgan fingerprint density at radius 1 is 1.08 bits per heavy atom. The largest absolute Gasteiger partial charge is 0.490 e. The molecular weight excluding hydrogens is 477 g/mol. The number of carbonyl (C=O) groups excluding carboxylic acids is 1. The summed E-state index contributed by atoms with van der Waals surface area (Å²) in [5, 5.41) is 8.10. The number of benzene rings is 2. The molecule has 1 aliphatic heterocycles. The van der Waals surface area contributed by atoms with Gasteiger partial charge in [-0.25, -0.2) is 4.79 Å². The van der Waals surface area contributed by atoms with Crippen LogP contribution in [0.3, 0.4) is 0 Å². The molecule has 0 bridgehead atoms. The number of pyridine rings is 1. The van der Waals surface area contributed by atoms with Crippen LogP contribution in [0.2, 0.25) is 0 Å². The number of halogens is 3. The summed E-state index contributed by atoms with van der Waals surface area (Å²) in [4.78, 5) is 28.6. The van der Waals surface area contributed by atoms with Crippen LogP contribution in [-0.2, 0) is 20.7 Å². The normalized spacial score (nSPS) is 17.5. The number of aliphatic carboxylic acids is 1. The van der Waals surface area contributed by atoms with Crippen molar-refractivity contribution in [2.45, 2.75) is 31.2 Å². The van der Waals surface area contributed by atoms with Gasteiger partial charge in [-0.15, -0.1) is 0 Å². The molecule has 0 unspecified atom stereocenters. The first-order valence-corrected chi connectivity index (χ1v) is 11.3. The van der Waals surface area contributed by atoms with Crippen LogP contribution in [0, 0.1) is 0 Å². The van der Waals surface area contributed by atoms with E-state index in [1.54, 1.807) is 13.3 Å². The maximum Gasteiger partial charge on any atom is 0.490 e. The molecule has 1 aliphatic rings. The van der Waals surface area contributed by atoms with Gasteiger partial charge in [-0.05, 0) is 42.7 Å². The van der Waals surface area contributed by atoms with Gasteiger partial charge in [-0.3, -0.25) is 9.78 Å². The molecule has 1 fully saturated rings. The third-order valence-electron chi connectivity index (χ3n) is 5.74. The van der Waals surface area contributed by atoms with Crippen molar-refractivity contribution >= 4 is 22.8 Å². The number of likely N-dealkylation sites (tertiary alicyclic amines) is 1. The Balaban J connectivity index is 0.000000454. The number of ether oxygens (including phenoxy) is 2. The molecule has 192 valence electrons. The number of amides is 1. The van der Waals surface area contributed by atoms with Crippen LogP contribution in [0.15, 0.2) is 66.9 Å². The van der Waals surface area contributed by atoms with Crippen LogP contribution >= 0.6 is 0 Å².